The molecule has 1 N–H and O–H groups in total. The molecule has 0 saturated heterocycles. The summed E-state index contributed by atoms with van der Waals surface area (Å²) in [6.07, 6.45) is 0. The number of nitrogens with zero attached hydrogens (tertiary/aromatic N) is 3. The molecule has 0 aliphatic rings. The van der Waals surface area contributed by atoms with Crippen molar-refractivity contribution in [1.82, 2.24) is 20.4 Å². The molecule has 2 aromatic rings. The fourth-order valence-electron chi connectivity index (χ4n) is 2.17. The van der Waals surface area contributed by atoms with Gasteiger partial charge in [-0.1, -0.05) is 17.3 Å². The number of halogens is 1. The number of nitrogens with one attached hydrogen (secondary N) is 1. The van der Waals surface area contributed by atoms with E-state index in [-0.39, 0.29) is 30.4 Å². The number of aryl methyl sites for hydroxylation is 1. The van der Waals surface area contributed by atoms with Crippen LogP contribution >= 0.6 is 0 Å². The largest absolute Gasteiger partial charge is 0.353 e. The molecule has 24 heavy (non-hydrogen) atoms. The standard InChI is InChI=1S/C17H23FN4O2/c1-10(2)19-15(23)9-22(5)12(4)17-20-16(21-24-17)13-7-6-11(3)14(18)8-13/h6-8,10,12H,9H2,1-5H3,(H,19,23). The molecule has 2 rings (SSSR count). The summed E-state index contributed by atoms with van der Waals surface area (Å²) >= 11 is 0. The highest BCUT2D eigenvalue weighted by atomic mass is 19.1. The molecule has 1 amide bonds. The lowest BCUT2D eigenvalue weighted by molar-refractivity contribution is -0.123. The molecule has 0 aliphatic carbocycles. The average molecular weight is 334 g/mol. The molecular weight excluding hydrogens is 311 g/mol. The Balaban J connectivity index is 2.08. The van der Waals surface area contributed by atoms with E-state index in [1.54, 1.807) is 26.1 Å². The van der Waals surface area contributed by atoms with Crippen molar-refractivity contribution in [3.05, 3.63) is 35.5 Å². The minimum atomic E-state index is -0.311. The number of benzene rings is 1. The maximum atomic E-state index is 13.7. The first kappa shape index (κ1) is 18.1. The average Bonchev–Trinajstić information content (AvgIpc) is 2.98. The molecular formula is C17H23FN4O2. The van der Waals surface area contributed by atoms with Crippen LogP contribution in [0.2, 0.25) is 0 Å². The van der Waals surface area contributed by atoms with Gasteiger partial charge in [-0.2, -0.15) is 4.98 Å². The Morgan fingerprint density at radius 3 is 2.71 bits per heavy atom. The van der Waals surface area contributed by atoms with Gasteiger partial charge in [0, 0.05) is 11.6 Å². The van der Waals surface area contributed by atoms with Crippen molar-refractivity contribution < 1.29 is 13.7 Å². The fraction of sp³-hybridized carbons (Fsp3) is 0.471. The number of hydrogen-bond donors (Lipinski definition) is 1. The van der Waals surface area contributed by atoms with E-state index in [4.69, 9.17) is 4.52 Å². The zero-order valence-corrected chi connectivity index (χ0v) is 14.6. The van der Waals surface area contributed by atoms with Gasteiger partial charge in [0.25, 0.3) is 0 Å². The Kier molecular flexibility index (Phi) is 5.66. The molecule has 7 heteroatoms. The van der Waals surface area contributed by atoms with Crippen molar-refractivity contribution in [3.63, 3.8) is 0 Å². The highest BCUT2D eigenvalue weighted by Crippen LogP contribution is 2.22. The van der Waals surface area contributed by atoms with Gasteiger partial charge in [-0.05, 0) is 46.4 Å². The molecule has 0 aliphatic heterocycles. The maximum Gasteiger partial charge on any atom is 0.244 e. The smallest absolute Gasteiger partial charge is 0.244 e. The van der Waals surface area contributed by atoms with E-state index < -0.39 is 0 Å². The molecule has 130 valence electrons. The van der Waals surface area contributed by atoms with Gasteiger partial charge >= 0.3 is 0 Å². The van der Waals surface area contributed by atoms with Crippen molar-refractivity contribution in [2.45, 2.75) is 39.8 Å². The number of carbonyl (C=O) groups is 1. The number of carbonyl (C=O) groups excluding carboxylic acids is 1. The van der Waals surface area contributed by atoms with Crippen molar-refractivity contribution in [2.24, 2.45) is 0 Å². The third-order valence-electron chi connectivity index (χ3n) is 3.73. The van der Waals surface area contributed by atoms with Crippen LogP contribution in [0.5, 0.6) is 0 Å². The van der Waals surface area contributed by atoms with Crippen molar-refractivity contribution in [2.75, 3.05) is 13.6 Å². The SMILES string of the molecule is Cc1ccc(-c2noc(C(C)N(C)CC(=O)NC(C)C)n2)cc1F. The van der Waals surface area contributed by atoms with Crippen LogP contribution in [-0.2, 0) is 4.79 Å². The molecule has 0 radical (unpaired) electrons. The molecule has 0 bridgehead atoms. The Hall–Kier alpha value is -2.28. The van der Waals surface area contributed by atoms with Gasteiger partial charge in [0.15, 0.2) is 0 Å². The quantitative estimate of drug-likeness (QED) is 0.879. The van der Waals surface area contributed by atoms with Crippen LogP contribution in [0.25, 0.3) is 11.4 Å². The lowest BCUT2D eigenvalue weighted by atomic mass is 10.1. The van der Waals surface area contributed by atoms with Crippen LogP contribution in [0, 0.1) is 12.7 Å². The Morgan fingerprint density at radius 1 is 1.38 bits per heavy atom. The highest BCUT2D eigenvalue weighted by molar-refractivity contribution is 5.78. The van der Waals surface area contributed by atoms with E-state index in [9.17, 15) is 9.18 Å². The second-order valence-electron chi connectivity index (χ2n) is 6.23. The Bertz CT molecular complexity index is 714. The van der Waals surface area contributed by atoms with Crippen molar-refractivity contribution in [1.29, 1.82) is 0 Å². The van der Waals surface area contributed by atoms with Crippen LogP contribution in [0.4, 0.5) is 4.39 Å². The minimum Gasteiger partial charge on any atom is -0.353 e. The Morgan fingerprint density at radius 2 is 2.08 bits per heavy atom. The van der Waals surface area contributed by atoms with Gasteiger partial charge in [0.05, 0.1) is 12.6 Å². The molecule has 1 atom stereocenters. The fourth-order valence-corrected chi connectivity index (χ4v) is 2.17. The van der Waals surface area contributed by atoms with Gasteiger partial charge in [-0.25, -0.2) is 4.39 Å². The summed E-state index contributed by atoms with van der Waals surface area (Å²) in [5.74, 6) is 0.329. The highest BCUT2D eigenvalue weighted by Gasteiger charge is 2.21. The molecule has 1 aromatic carbocycles. The second kappa shape index (κ2) is 7.53. The molecule has 0 fully saturated rings. The normalized spacial score (nSPS) is 12.7. The van der Waals surface area contributed by atoms with E-state index in [1.807, 2.05) is 25.7 Å². The van der Waals surface area contributed by atoms with Gasteiger partial charge in [0.1, 0.15) is 5.82 Å². The number of aromatic nitrogens is 2. The van der Waals surface area contributed by atoms with Crippen LogP contribution in [0.1, 0.15) is 38.3 Å². The summed E-state index contributed by atoms with van der Waals surface area (Å²) < 4.78 is 18.9. The summed E-state index contributed by atoms with van der Waals surface area (Å²) in [7, 11) is 1.81. The first-order chi connectivity index (χ1) is 11.3. The van der Waals surface area contributed by atoms with Crippen molar-refractivity contribution >= 4 is 5.91 Å². The zero-order chi connectivity index (χ0) is 17.9. The van der Waals surface area contributed by atoms with Crippen LogP contribution in [-0.4, -0.2) is 40.6 Å². The molecule has 0 saturated carbocycles. The van der Waals surface area contributed by atoms with Crippen molar-refractivity contribution in [3.8, 4) is 11.4 Å². The number of likely N-dealkylation sites (N-methyl/N-ethyl adjacent to an activating group) is 1. The lowest BCUT2D eigenvalue weighted by Gasteiger charge is -2.21. The molecule has 1 aromatic heterocycles. The van der Waals surface area contributed by atoms with Gasteiger partial charge in [-0.3, -0.25) is 9.69 Å². The number of amides is 1. The summed E-state index contributed by atoms with van der Waals surface area (Å²) in [6.45, 7) is 7.60. The van der Waals surface area contributed by atoms with E-state index >= 15 is 0 Å². The number of hydrogen-bond acceptors (Lipinski definition) is 5. The van der Waals surface area contributed by atoms with Gasteiger partial charge < -0.3 is 9.84 Å². The topological polar surface area (TPSA) is 71.3 Å². The van der Waals surface area contributed by atoms with E-state index in [0.717, 1.165) is 0 Å². The first-order valence-electron chi connectivity index (χ1n) is 7.87. The minimum absolute atomic E-state index is 0.0697. The summed E-state index contributed by atoms with van der Waals surface area (Å²) in [5, 5.41) is 6.74. The summed E-state index contributed by atoms with van der Waals surface area (Å²) in [5.41, 5.74) is 1.12. The molecule has 0 spiro atoms. The summed E-state index contributed by atoms with van der Waals surface area (Å²) in [4.78, 5) is 18.0. The zero-order valence-electron chi connectivity index (χ0n) is 14.6. The first-order valence-corrected chi connectivity index (χ1v) is 7.87. The third-order valence-corrected chi connectivity index (χ3v) is 3.73. The monoisotopic (exact) mass is 334 g/mol. The Labute approximate surface area is 141 Å². The van der Waals surface area contributed by atoms with Crippen LogP contribution < -0.4 is 5.32 Å². The molecule has 6 nitrogen and oxygen atoms in total. The molecule has 1 heterocycles. The van der Waals surface area contributed by atoms with E-state index in [2.05, 4.69) is 15.5 Å². The third kappa shape index (κ3) is 4.38. The van der Waals surface area contributed by atoms with E-state index in [1.165, 1.54) is 6.07 Å². The van der Waals surface area contributed by atoms with Gasteiger partial charge in [-0.15, -0.1) is 0 Å². The van der Waals surface area contributed by atoms with Gasteiger partial charge in [0.2, 0.25) is 17.6 Å². The van der Waals surface area contributed by atoms with Crippen LogP contribution in [0.15, 0.2) is 22.7 Å². The maximum absolute atomic E-state index is 13.7. The summed E-state index contributed by atoms with van der Waals surface area (Å²) in [6, 6.07) is 4.66. The lowest BCUT2D eigenvalue weighted by Crippen LogP contribution is -2.39. The van der Waals surface area contributed by atoms with E-state index in [0.29, 0.717) is 22.8 Å². The predicted molar refractivity (Wildman–Crippen MR) is 88.8 cm³/mol. The predicted octanol–water partition coefficient (Wildman–Crippen LogP) is 2.70. The molecule has 1 unspecified atom stereocenters. The number of rotatable bonds is 6. The second-order valence-corrected chi connectivity index (χ2v) is 6.23. The van der Waals surface area contributed by atoms with Crippen LogP contribution in [0.3, 0.4) is 0 Å².